The monoisotopic (exact) mass is 323 g/mol. The number of halogens is 2. The van der Waals surface area contributed by atoms with Crippen LogP contribution in [-0.4, -0.2) is 23.6 Å². The summed E-state index contributed by atoms with van der Waals surface area (Å²) in [7, 11) is 2.02. The van der Waals surface area contributed by atoms with Gasteiger partial charge in [-0.3, -0.25) is 0 Å². The molecule has 21 heavy (non-hydrogen) atoms. The molecule has 0 aliphatic rings. The first-order valence-electron chi connectivity index (χ1n) is 6.92. The van der Waals surface area contributed by atoms with Crippen molar-refractivity contribution in [1.29, 1.82) is 0 Å². The van der Waals surface area contributed by atoms with Crippen LogP contribution in [0.15, 0.2) is 48.5 Å². The second-order valence-corrected chi connectivity index (χ2v) is 6.03. The van der Waals surface area contributed by atoms with Gasteiger partial charge in [-0.2, -0.15) is 0 Å². The summed E-state index contributed by atoms with van der Waals surface area (Å²) in [6.07, 6.45) is 0.152. The molecule has 2 aromatic carbocycles. The number of aliphatic hydroxyl groups is 1. The van der Waals surface area contributed by atoms with Gasteiger partial charge in [0.25, 0.3) is 0 Å². The molecule has 0 bridgehead atoms. The Bertz CT molecular complexity index is 589. The normalized spacial score (nSPS) is 12.6. The van der Waals surface area contributed by atoms with E-state index in [0.29, 0.717) is 11.4 Å². The summed E-state index contributed by atoms with van der Waals surface area (Å²) in [5, 5.41) is 11.6. The van der Waals surface area contributed by atoms with Crippen LogP contribution in [0.25, 0.3) is 0 Å². The Kier molecular flexibility index (Phi) is 6.07. The summed E-state index contributed by atoms with van der Waals surface area (Å²) >= 11 is 12.1. The number of benzene rings is 2. The molecule has 0 radical (unpaired) electrons. The molecule has 0 heterocycles. The summed E-state index contributed by atoms with van der Waals surface area (Å²) in [4.78, 5) is 2.15. The highest BCUT2D eigenvalue weighted by atomic mass is 35.5. The quantitative estimate of drug-likeness (QED) is 0.843. The summed E-state index contributed by atoms with van der Waals surface area (Å²) in [5.74, 6) is 0. The van der Waals surface area contributed by atoms with Crippen molar-refractivity contribution in [3.63, 3.8) is 0 Å². The molecule has 1 N–H and O–H groups in total. The lowest BCUT2D eigenvalue weighted by molar-refractivity contribution is 0.147. The predicted molar refractivity (Wildman–Crippen MR) is 88.8 cm³/mol. The maximum absolute atomic E-state index is 10.2. The van der Waals surface area contributed by atoms with Gasteiger partial charge in [0, 0.05) is 23.1 Å². The highest BCUT2D eigenvalue weighted by Crippen LogP contribution is 2.21. The maximum atomic E-state index is 10.2. The van der Waals surface area contributed by atoms with Crippen LogP contribution in [0, 0.1) is 0 Å². The largest absolute Gasteiger partial charge is 0.388 e. The standard InChI is InChI=1S/C17H19Cl2NO/c1-20(12-14-5-2-3-8-16(14)19)10-9-17(21)13-6-4-7-15(18)11-13/h2-8,11,17,21H,9-10,12H2,1H3. The van der Waals surface area contributed by atoms with E-state index in [1.807, 2.05) is 43.4 Å². The molecule has 0 saturated carbocycles. The van der Waals surface area contributed by atoms with E-state index in [1.165, 1.54) is 0 Å². The minimum atomic E-state index is -0.502. The van der Waals surface area contributed by atoms with Gasteiger partial charge < -0.3 is 10.0 Å². The van der Waals surface area contributed by atoms with Crippen LogP contribution in [0.4, 0.5) is 0 Å². The molecule has 2 aromatic rings. The molecular weight excluding hydrogens is 305 g/mol. The summed E-state index contributed by atoms with van der Waals surface area (Å²) in [6, 6.07) is 15.2. The highest BCUT2D eigenvalue weighted by molar-refractivity contribution is 6.31. The van der Waals surface area contributed by atoms with Crippen molar-refractivity contribution in [2.45, 2.75) is 19.1 Å². The predicted octanol–water partition coefficient (Wildman–Crippen LogP) is 4.55. The van der Waals surface area contributed by atoms with Gasteiger partial charge in [-0.1, -0.05) is 53.5 Å². The van der Waals surface area contributed by atoms with Gasteiger partial charge in [0.05, 0.1) is 6.10 Å². The third-order valence-electron chi connectivity index (χ3n) is 3.42. The molecule has 2 rings (SSSR count). The van der Waals surface area contributed by atoms with Gasteiger partial charge >= 0.3 is 0 Å². The molecule has 0 fully saturated rings. The molecule has 0 amide bonds. The van der Waals surface area contributed by atoms with Gasteiger partial charge in [-0.25, -0.2) is 0 Å². The first kappa shape index (κ1) is 16.3. The lowest BCUT2D eigenvalue weighted by Crippen LogP contribution is -2.21. The van der Waals surface area contributed by atoms with Crippen LogP contribution in [0.2, 0.25) is 10.0 Å². The van der Waals surface area contributed by atoms with Gasteiger partial charge in [0.15, 0.2) is 0 Å². The van der Waals surface area contributed by atoms with Crippen molar-refractivity contribution >= 4 is 23.2 Å². The smallest absolute Gasteiger partial charge is 0.0802 e. The zero-order valence-corrected chi connectivity index (χ0v) is 13.5. The molecule has 4 heteroatoms. The first-order valence-corrected chi connectivity index (χ1v) is 7.67. The lowest BCUT2D eigenvalue weighted by Gasteiger charge is -2.19. The van der Waals surface area contributed by atoms with Crippen molar-refractivity contribution in [3.05, 3.63) is 69.7 Å². The van der Waals surface area contributed by atoms with Crippen molar-refractivity contribution in [3.8, 4) is 0 Å². The van der Waals surface area contributed by atoms with Crippen molar-refractivity contribution < 1.29 is 5.11 Å². The summed E-state index contributed by atoms with van der Waals surface area (Å²) < 4.78 is 0. The van der Waals surface area contributed by atoms with Gasteiger partial charge in [0.2, 0.25) is 0 Å². The molecule has 0 aromatic heterocycles. The Morgan fingerprint density at radius 1 is 1.10 bits per heavy atom. The summed E-state index contributed by atoms with van der Waals surface area (Å²) in [6.45, 7) is 1.54. The highest BCUT2D eigenvalue weighted by Gasteiger charge is 2.10. The molecule has 0 aliphatic carbocycles. The van der Waals surface area contributed by atoms with E-state index in [2.05, 4.69) is 4.90 Å². The average Bonchev–Trinajstić information content (AvgIpc) is 2.47. The molecule has 1 atom stereocenters. The fourth-order valence-electron chi connectivity index (χ4n) is 2.22. The zero-order valence-electron chi connectivity index (χ0n) is 12.0. The third kappa shape index (κ3) is 5.01. The number of hydrogen-bond acceptors (Lipinski definition) is 2. The Hall–Kier alpha value is -1.06. The van der Waals surface area contributed by atoms with E-state index in [9.17, 15) is 5.11 Å². The van der Waals surface area contributed by atoms with E-state index in [-0.39, 0.29) is 0 Å². The molecule has 1 unspecified atom stereocenters. The zero-order chi connectivity index (χ0) is 15.2. The maximum Gasteiger partial charge on any atom is 0.0802 e. The second-order valence-electron chi connectivity index (χ2n) is 5.19. The molecule has 2 nitrogen and oxygen atoms in total. The van der Waals surface area contributed by atoms with E-state index in [4.69, 9.17) is 23.2 Å². The lowest BCUT2D eigenvalue weighted by atomic mass is 10.1. The van der Waals surface area contributed by atoms with Crippen molar-refractivity contribution in [2.75, 3.05) is 13.6 Å². The Balaban J connectivity index is 1.86. The number of rotatable bonds is 6. The topological polar surface area (TPSA) is 23.5 Å². The minimum absolute atomic E-state index is 0.502. The van der Waals surface area contributed by atoms with E-state index in [1.54, 1.807) is 12.1 Å². The summed E-state index contributed by atoms with van der Waals surface area (Å²) in [5.41, 5.74) is 1.95. The second kappa shape index (κ2) is 7.81. The van der Waals surface area contributed by atoms with Gasteiger partial charge in [-0.15, -0.1) is 0 Å². The number of aliphatic hydroxyl groups excluding tert-OH is 1. The van der Waals surface area contributed by atoms with E-state index in [0.717, 1.165) is 29.2 Å². The van der Waals surface area contributed by atoms with Crippen LogP contribution in [0.5, 0.6) is 0 Å². The third-order valence-corrected chi connectivity index (χ3v) is 4.02. The Labute approximate surface area is 135 Å². The SMILES string of the molecule is CN(CCC(O)c1cccc(Cl)c1)Cc1ccccc1Cl. The van der Waals surface area contributed by atoms with Crippen molar-refractivity contribution in [2.24, 2.45) is 0 Å². The molecule has 0 saturated heterocycles. The van der Waals surface area contributed by atoms with Crippen LogP contribution >= 0.6 is 23.2 Å². The Morgan fingerprint density at radius 3 is 2.57 bits per heavy atom. The minimum Gasteiger partial charge on any atom is -0.388 e. The van der Waals surface area contributed by atoms with Crippen LogP contribution < -0.4 is 0 Å². The van der Waals surface area contributed by atoms with Crippen molar-refractivity contribution in [1.82, 2.24) is 4.90 Å². The average molecular weight is 324 g/mol. The first-order chi connectivity index (χ1) is 10.1. The van der Waals surface area contributed by atoms with Crippen LogP contribution in [0.1, 0.15) is 23.7 Å². The fraction of sp³-hybridized carbons (Fsp3) is 0.294. The van der Waals surface area contributed by atoms with Gasteiger partial charge in [-0.05, 0) is 42.8 Å². The molecule has 0 aliphatic heterocycles. The molecule has 0 spiro atoms. The van der Waals surface area contributed by atoms with Gasteiger partial charge in [0.1, 0.15) is 0 Å². The molecular formula is C17H19Cl2NO. The number of nitrogens with zero attached hydrogens (tertiary/aromatic N) is 1. The Morgan fingerprint density at radius 2 is 1.86 bits per heavy atom. The van der Waals surface area contributed by atoms with E-state index >= 15 is 0 Å². The van der Waals surface area contributed by atoms with Crippen LogP contribution in [-0.2, 0) is 6.54 Å². The molecule has 112 valence electrons. The van der Waals surface area contributed by atoms with Crippen LogP contribution in [0.3, 0.4) is 0 Å². The fourth-order valence-corrected chi connectivity index (χ4v) is 2.61. The number of hydrogen-bond donors (Lipinski definition) is 1. The van der Waals surface area contributed by atoms with E-state index < -0.39 is 6.10 Å².